The van der Waals surface area contributed by atoms with E-state index in [1.807, 2.05) is 0 Å². The number of carbonyl (C=O) groups is 1. The van der Waals surface area contributed by atoms with Gasteiger partial charge in [0.05, 0.1) is 0 Å². The number of unbranched alkanes of at least 4 members (excludes halogenated alkanes) is 2. The highest BCUT2D eigenvalue weighted by molar-refractivity contribution is 5.75. The van der Waals surface area contributed by atoms with E-state index in [9.17, 15) is 4.79 Å². The van der Waals surface area contributed by atoms with Crippen molar-refractivity contribution in [2.24, 2.45) is 0 Å². The van der Waals surface area contributed by atoms with E-state index < -0.39 is 0 Å². The number of carbonyl (C=O) groups excluding carboxylic acids is 1. The summed E-state index contributed by atoms with van der Waals surface area (Å²) in [5.74, 6) is 0.218. The Morgan fingerprint density at radius 2 is 2.10 bits per heavy atom. The molecule has 0 aliphatic carbocycles. The molecule has 1 fully saturated rings. The summed E-state index contributed by atoms with van der Waals surface area (Å²) < 4.78 is 0. The van der Waals surface area contributed by atoms with Crippen molar-refractivity contribution in [2.45, 2.75) is 58.0 Å². The number of benzene rings is 1. The number of likely N-dealkylation sites (tertiary alicyclic amines) is 1. The lowest BCUT2D eigenvalue weighted by molar-refractivity contribution is -0.121. The summed E-state index contributed by atoms with van der Waals surface area (Å²) in [5.41, 5.74) is 1.36. The maximum atomic E-state index is 11.8. The third-order valence-electron chi connectivity index (χ3n) is 4.27. The Hall–Kier alpha value is -1.35. The quantitative estimate of drug-likeness (QED) is 0.744. The molecule has 0 unspecified atom stereocenters. The third kappa shape index (κ3) is 5.50. The third-order valence-corrected chi connectivity index (χ3v) is 4.27. The minimum absolute atomic E-state index is 0.218. The lowest BCUT2D eigenvalue weighted by Crippen LogP contribution is -2.39. The van der Waals surface area contributed by atoms with Crippen LogP contribution >= 0.6 is 0 Å². The first kappa shape index (κ1) is 16.0. The van der Waals surface area contributed by atoms with Gasteiger partial charge in [-0.05, 0) is 31.4 Å². The van der Waals surface area contributed by atoms with Crippen molar-refractivity contribution in [2.75, 3.05) is 13.1 Å². The number of amides is 1. The van der Waals surface area contributed by atoms with Crippen molar-refractivity contribution in [1.29, 1.82) is 0 Å². The van der Waals surface area contributed by atoms with Crippen molar-refractivity contribution < 1.29 is 4.79 Å². The molecule has 1 aliphatic rings. The maximum Gasteiger partial charge on any atom is 0.220 e. The van der Waals surface area contributed by atoms with Crippen LogP contribution in [0.5, 0.6) is 0 Å². The minimum atomic E-state index is 0.218. The Morgan fingerprint density at radius 1 is 1.29 bits per heavy atom. The van der Waals surface area contributed by atoms with Crippen molar-refractivity contribution in [3.8, 4) is 0 Å². The molecular formula is C18H28N2O. The van der Waals surface area contributed by atoms with Crippen molar-refractivity contribution >= 4 is 5.91 Å². The molecule has 1 aromatic rings. The van der Waals surface area contributed by atoms with Gasteiger partial charge in [-0.3, -0.25) is 9.69 Å². The molecule has 0 spiro atoms. The van der Waals surface area contributed by atoms with Gasteiger partial charge in [0, 0.05) is 25.6 Å². The maximum absolute atomic E-state index is 11.8. The molecule has 3 nitrogen and oxygen atoms in total. The van der Waals surface area contributed by atoms with E-state index in [0.29, 0.717) is 12.5 Å². The van der Waals surface area contributed by atoms with Gasteiger partial charge in [0.15, 0.2) is 0 Å². The van der Waals surface area contributed by atoms with Crippen LogP contribution in [0, 0.1) is 0 Å². The van der Waals surface area contributed by atoms with Crippen LogP contribution in [-0.2, 0) is 11.3 Å². The number of nitrogens with zero attached hydrogens (tertiary/aromatic N) is 1. The summed E-state index contributed by atoms with van der Waals surface area (Å²) in [6.45, 7) is 5.11. The van der Waals surface area contributed by atoms with E-state index in [-0.39, 0.29) is 5.91 Å². The van der Waals surface area contributed by atoms with Gasteiger partial charge in [0.1, 0.15) is 0 Å². The standard InChI is InChI=1S/C18H28N2O/c1-2-3-5-12-18(21)19-14-17-11-8-13-20(17)15-16-9-6-4-7-10-16/h4,6-7,9-10,17H,2-3,5,8,11-15H2,1H3,(H,19,21)/t17-/m0/s1. The Balaban J connectivity index is 1.73. The normalized spacial score (nSPS) is 18.8. The molecule has 2 rings (SSSR count). The van der Waals surface area contributed by atoms with Gasteiger partial charge in [0.25, 0.3) is 0 Å². The molecule has 0 aromatic heterocycles. The number of hydrogen-bond donors (Lipinski definition) is 1. The van der Waals surface area contributed by atoms with Crippen LogP contribution in [0.15, 0.2) is 30.3 Å². The van der Waals surface area contributed by atoms with Gasteiger partial charge in [-0.1, -0.05) is 50.1 Å². The van der Waals surface area contributed by atoms with Crippen LogP contribution in [0.3, 0.4) is 0 Å². The average molecular weight is 288 g/mol. The molecule has 3 heteroatoms. The lowest BCUT2D eigenvalue weighted by atomic mass is 10.1. The van der Waals surface area contributed by atoms with Crippen LogP contribution in [0.4, 0.5) is 0 Å². The molecule has 116 valence electrons. The summed E-state index contributed by atoms with van der Waals surface area (Å²) in [4.78, 5) is 14.3. The van der Waals surface area contributed by atoms with Gasteiger partial charge < -0.3 is 5.32 Å². The lowest BCUT2D eigenvalue weighted by Gasteiger charge is -2.24. The predicted octanol–water partition coefficient (Wildman–Crippen LogP) is 3.35. The fraction of sp³-hybridized carbons (Fsp3) is 0.611. The van der Waals surface area contributed by atoms with Crippen LogP contribution in [-0.4, -0.2) is 29.9 Å². The first-order valence-corrected chi connectivity index (χ1v) is 8.34. The second-order valence-electron chi connectivity index (χ2n) is 6.01. The zero-order valence-electron chi connectivity index (χ0n) is 13.2. The highest BCUT2D eigenvalue weighted by Gasteiger charge is 2.24. The molecule has 1 saturated heterocycles. The van der Waals surface area contributed by atoms with Gasteiger partial charge in [-0.25, -0.2) is 0 Å². The van der Waals surface area contributed by atoms with Crippen LogP contribution < -0.4 is 5.32 Å². The van der Waals surface area contributed by atoms with Gasteiger partial charge in [0.2, 0.25) is 5.91 Å². The van der Waals surface area contributed by atoms with Gasteiger partial charge in [-0.15, -0.1) is 0 Å². The number of nitrogens with one attached hydrogen (secondary N) is 1. The van der Waals surface area contributed by atoms with Crippen molar-refractivity contribution in [3.05, 3.63) is 35.9 Å². The second kappa shape index (κ2) is 8.83. The van der Waals surface area contributed by atoms with Crippen molar-refractivity contribution in [3.63, 3.8) is 0 Å². The zero-order valence-corrected chi connectivity index (χ0v) is 13.2. The number of hydrogen-bond acceptors (Lipinski definition) is 2. The molecule has 1 heterocycles. The van der Waals surface area contributed by atoms with Crippen LogP contribution in [0.2, 0.25) is 0 Å². The van der Waals surface area contributed by atoms with E-state index in [1.54, 1.807) is 0 Å². The van der Waals surface area contributed by atoms with E-state index in [1.165, 1.54) is 24.8 Å². The Bertz CT molecular complexity index is 418. The van der Waals surface area contributed by atoms with E-state index in [4.69, 9.17) is 0 Å². The molecule has 1 amide bonds. The Morgan fingerprint density at radius 3 is 2.86 bits per heavy atom. The number of rotatable bonds is 8. The topological polar surface area (TPSA) is 32.3 Å². The van der Waals surface area contributed by atoms with Crippen molar-refractivity contribution in [1.82, 2.24) is 10.2 Å². The fourth-order valence-corrected chi connectivity index (χ4v) is 3.01. The highest BCUT2D eigenvalue weighted by atomic mass is 16.1. The molecule has 1 N–H and O–H groups in total. The Kier molecular flexibility index (Phi) is 6.74. The Labute approximate surface area is 128 Å². The average Bonchev–Trinajstić information content (AvgIpc) is 2.94. The summed E-state index contributed by atoms with van der Waals surface area (Å²) in [5, 5.41) is 3.12. The highest BCUT2D eigenvalue weighted by Crippen LogP contribution is 2.19. The smallest absolute Gasteiger partial charge is 0.220 e. The molecule has 0 bridgehead atoms. The molecular weight excluding hydrogens is 260 g/mol. The predicted molar refractivity (Wildman–Crippen MR) is 87.0 cm³/mol. The molecule has 1 aromatic carbocycles. The molecule has 1 aliphatic heterocycles. The fourth-order valence-electron chi connectivity index (χ4n) is 3.01. The molecule has 1 atom stereocenters. The van der Waals surface area contributed by atoms with E-state index >= 15 is 0 Å². The molecule has 21 heavy (non-hydrogen) atoms. The van der Waals surface area contributed by atoms with Gasteiger partial charge >= 0.3 is 0 Å². The largest absolute Gasteiger partial charge is 0.355 e. The van der Waals surface area contributed by atoms with Gasteiger partial charge in [-0.2, -0.15) is 0 Å². The first-order valence-electron chi connectivity index (χ1n) is 8.34. The molecule has 0 radical (unpaired) electrons. The monoisotopic (exact) mass is 288 g/mol. The zero-order chi connectivity index (χ0) is 14.9. The summed E-state index contributed by atoms with van der Waals surface area (Å²) in [7, 11) is 0. The van der Waals surface area contributed by atoms with E-state index in [2.05, 4.69) is 47.5 Å². The summed E-state index contributed by atoms with van der Waals surface area (Å²) in [6, 6.07) is 11.1. The van der Waals surface area contributed by atoms with E-state index in [0.717, 1.165) is 32.5 Å². The second-order valence-corrected chi connectivity index (χ2v) is 6.01. The SMILES string of the molecule is CCCCCC(=O)NC[C@@H]1CCCN1Cc1ccccc1. The first-order chi connectivity index (χ1) is 10.3. The van der Waals surface area contributed by atoms with Crippen LogP contribution in [0.1, 0.15) is 51.0 Å². The molecule has 0 saturated carbocycles. The van der Waals surface area contributed by atoms with Crippen LogP contribution in [0.25, 0.3) is 0 Å². The summed E-state index contributed by atoms with van der Waals surface area (Å²) >= 11 is 0. The minimum Gasteiger partial charge on any atom is -0.355 e. The summed E-state index contributed by atoms with van der Waals surface area (Å²) in [6.07, 6.45) is 6.45.